The monoisotopic (exact) mass is 306 g/mol. The third-order valence-electron chi connectivity index (χ3n) is 0. The van der Waals surface area contributed by atoms with Crippen LogP contribution in [0.2, 0.25) is 0 Å². The van der Waals surface area contributed by atoms with Crippen LogP contribution in [0.25, 0.3) is 0 Å². The molecule has 0 fully saturated rings. The number of rotatable bonds is 0. The van der Waals surface area contributed by atoms with Gasteiger partial charge in [0.25, 0.3) is 0 Å². The first-order valence-corrected chi connectivity index (χ1v) is 5.65. The minimum absolute atomic E-state index is 0. The summed E-state index contributed by atoms with van der Waals surface area (Å²) in [5.74, 6) is 0. The van der Waals surface area contributed by atoms with Crippen LogP contribution in [0.5, 0.6) is 0 Å². The molecule has 5 nitrogen and oxygen atoms in total. The molecule has 6 N–H and O–H groups in total. The van der Waals surface area contributed by atoms with Gasteiger partial charge in [-0.15, -0.1) is 0 Å². The number of hydrogen-bond donors (Lipinski definition) is 4. The maximum atomic E-state index is 8.06. The Hall–Kier alpha value is 0.514. The molecule has 0 heterocycles. The third-order valence-corrected chi connectivity index (χ3v) is 0. The van der Waals surface area contributed by atoms with E-state index in [9.17, 15) is 0 Å². The van der Waals surface area contributed by atoms with Gasteiger partial charge in [0.05, 0.1) is 0 Å². The SMILES string of the molecule is CC(C)O.CC(C)O.CC(C)O.CC(C)O.O.[Ti]. The van der Waals surface area contributed by atoms with Crippen molar-refractivity contribution in [3.63, 3.8) is 0 Å². The van der Waals surface area contributed by atoms with Gasteiger partial charge in [0.1, 0.15) is 0 Å². The van der Waals surface area contributed by atoms with Crippen LogP contribution in [-0.4, -0.2) is 50.3 Å². The summed E-state index contributed by atoms with van der Waals surface area (Å²) in [6.45, 7) is 13.8. The van der Waals surface area contributed by atoms with Gasteiger partial charge in [-0.2, -0.15) is 0 Å². The molecule has 0 bridgehead atoms. The molecule has 0 aromatic heterocycles. The van der Waals surface area contributed by atoms with Crippen LogP contribution in [0.1, 0.15) is 55.4 Å². The molecular formula is C12H34O5Ti. The van der Waals surface area contributed by atoms with Crippen molar-refractivity contribution in [3.05, 3.63) is 0 Å². The second-order valence-corrected chi connectivity index (χ2v) is 4.37. The van der Waals surface area contributed by atoms with Gasteiger partial charge in [0.15, 0.2) is 0 Å². The standard InChI is InChI=1S/4C3H8O.H2O.Ti/c4*1-3(2)4;;/h4*3-4H,1-2H3;1H2;. The minimum atomic E-state index is -0.167. The van der Waals surface area contributed by atoms with Crippen molar-refractivity contribution in [1.29, 1.82) is 0 Å². The van der Waals surface area contributed by atoms with Crippen molar-refractivity contribution in [2.45, 2.75) is 79.8 Å². The van der Waals surface area contributed by atoms with Crippen molar-refractivity contribution in [2.24, 2.45) is 0 Å². The fraction of sp³-hybridized carbons (Fsp3) is 1.00. The molecule has 116 valence electrons. The van der Waals surface area contributed by atoms with E-state index in [1.165, 1.54) is 0 Å². The maximum Gasteiger partial charge on any atom is 0.0483 e. The molecule has 0 aliphatic rings. The molecule has 0 unspecified atom stereocenters. The first-order valence-electron chi connectivity index (χ1n) is 5.65. The van der Waals surface area contributed by atoms with Crippen LogP contribution in [0.3, 0.4) is 0 Å². The van der Waals surface area contributed by atoms with Gasteiger partial charge in [-0.25, -0.2) is 0 Å². The van der Waals surface area contributed by atoms with E-state index < -0.39 is 0 Å². The minimum Gasteiger partial charge on any atom is -0.412 e. The summed E-state index contributed by atoms with van der Waals surface area (Å²) in [5, 5.41) is 32.2. The van der Waals surface area contributed by atoms with Gasteiger partial charge in [0, 0.05) is 46.1 Å². The van der Waals surface area contributed by atoms with E-state index in [2.05, 4.69) is 0 Å². The molecule has 0 rings (SSSR count). The first-order chi connectivity index (χ1) is 6.93. The molecule has 0 radical (unpaired) electrons. The molecule has 0 spiro atoms. The Morgan fingerprint density at radius 1 is 0.444 bits per heavy atom. The molecule has 0 atom stereocenters. The van der Waals surface area contributed by atoms with Gasteiger partial charge in [0.2, 0.25) is 0 Å². The van der Waals surface area contributed by atoms with Gasteiger partial charge in [-0.05, 0) is 55.4 Å². The van der Waals surface area contributed by atoms with Crippen LogP contribution in [0, 0.1) is 0 Å². The summed E-state index contributed by atoms with van der Waals surface area (Å²) in [6, 6.07) is 0. The first kappa shape index (κ1) is 36.3. The van der Waals surface area contributed by atoms with Crippen LogP contribution in [0.4, 0.5) is 0 Å². The molecule has 0 aromatic rings. The smallest absolute Gasteiger partial charge is 0.0483 e. The summed E-state index contributed by atoms with van der Waals surface area (Å²) in [7, 11) is 0. The van der Waals surface area contributed by atoms with Gasteiger partial charge >= 0.3 is 0 Å². The zero-order valence-electron chi connectivity index (χ0n) is 13.1. The van der Waals surface area contributed by atoms with Crippen LogP contribution in [-0.2, 0) is 21.7 Å². The molecule has 0 aliphatic heterocycles. The second-order valence-electron chi connectivity index (χ2n) is 4.37. The molecule has 6 heteroatoms. The zero-order chi connectivity index (χ0) is 14.3. The Balaban J connectivity index is -0.0000000257. The summed E-state index contributed by atoms with van der Waals surface area (Å²) in [4.78, 5) is 0. The maximum absolute atomic E-state index is 8.06. The Kier molecular flexibility index (Phi) is 61.4. The molecule has 0 aliphatic carbocycles. The van der Waals surface area contributed by atoms with Crippen LogP contribution < -0.4 is 0 Å². The molecule has 0 saturated carbocycles. The zero-order valence-corrected chi connectivity index (χ0v) is 14.7. The van der Waals surface area contributed by atoms with Crippen molar-refractivity contribution in [3.8, 4) is 0 Å². The second kappa shape index (κ2) is 30.5. The Bertz CT molecular complexity index is 63.4. The average Bonchev–Trinajstić information content (AvgIpc) is 1.76. The van der Waals surface area contributed by atoms with E-state index in [-0.39, 0.29) is 51.6 Å². The molecule has 0 amide bonds. The number of aliphatic hydroxyl groups is 4. The van der Waals surface area contributed by atoms with Gasteiger partial charge in [-0.1, -0.05) is 0 Å². The predicted octanol–water partition coefficient (Wildman–Crippen LogP) is 0.721. The van der Waals surface area contributed by atoms with Crippen molar-refractivity contribution >= 4 is 0 Å². The molecular weight excluding hydrogens is 272 g/mol. The molecule has 18 heavy (non-hydrogen) atoms. The predicted molar refractivity (Wildman–Crippen MR) is 73.0 cm³/mol. The van der Waals surface area contributed by atoms with E-state index in [1.54, 1.807) is 55.4 Å². The Labute approximate surface area is 127 Å². The van der Waals surface area contributed by atoms with Gasteiger partial charge in [-0.3, -0.25) is 0 Å². The van der Waals surface area contributed by atoms with E-state index in [1.807, 2.05) is 0 Å². The van der Waals surface area contributed by atoms with Crippen molar-refractivity contribution in [2.75, 3.05) is 0 Å². The van der Waals surface area contributed by atoms with Crippen LogP contribution >= 0.6 is 0 Å². The van der Waals surface area contributed by atoms with Crippen molar-refractivity contribution < 1.29 is 47.6 Å². The average molecular weight is 306 g/mol. The van der Waals surface area contributed by atoms with E-state index in [0.29, 0.717) is 0 Å². The quantitative estimate of drug-likeness (QED) is 0.494. The topological polar surface area (TPSA) is 112 Å². The fourth-order valence-corrected chi connectivity index (χ4v) is 0. The summed E-state index contributed by atoms with van der Waals surface area (Å²) in [6.07, 6.45) is -0.667. The normalized spacial score (nSPS) is 8.00. The molecule has 0 saturated heterocycles. The summed E-state index contributed by atoms with van der Waals surface area (Å²) >= 11 is 0. The Morgan fingerprint density at radius 3 is 0.444 bits per heavy atom. The third kappa shape index (κ3) is 15000. The van der Waals surface area contributed by atoms with E-state index in [4.69, 9.17) is 20.4 Å². The van der Waals surface area contributed by atoms with Crippen molar-refractivity contribution in [1.82, 2.24) is 0 Å². The van der Waals surface area contributed by atoms with E-state index in [0.717, 1.165) is 0 Å². The van der Waals surface area contributed by atoms with Crippen LogP contribution in [0.15, 0.2) is 0 Å². The number of aliphatic hydroxyl groups excluding tert-OH is 4. The van der Waals surface area contributed by atoms with Gasteiger partial charge < -0.3 is 25.9 Å². The molecule has 0 aromatic carbocycles. The van der Waals surface area contributed by atoms with E-state index >= 15 is 0 Å². The fourth-order valence-electron chi connectivity index (χ4n) is 0. The summed E-state index contributed by atoms with van der Waals surface area (Å²) in [5.41, 5.74) is 0. The largest absolute Gasteiger partial charge is 0.412 e. The summed E-state index contributed by atoms with van der Waals surface area (Å²) < 4.78 is 0. The Morgan fingerprint density at radius 2 is 0.444 bits per heavy atom. The number of hydrogen-bond acceptors (Lipinski definition) is 4.